The van der Waals surface area contributed by atoms with Gasteiger partial charge >= 0.3 is 0 Å². The maximum Gasteiger partial charge on any atom is 0.182 e. The molecule has 140 valence electrons. The van der Waals surface area contributed by atoms with E-state index in [0.29, 0.717) is 17.5 Å². The van der Waals surface area contributed by atoms with Gasteiger partial charge in [-0.3, -0.25) is 9.59 Å². The third-order valence-corrected chi connectivity index (χ3v) is 6.30. The zero-order valence-corrected chi connectivity index (χ0v) is 16.8. The fourth-order valence-electron chi connectivity index (χ4n) is 4.68. The predicted molar refractivity (Wildman–Crippen MR) is 112 cm³/mol. The molecular weight excluding hydrogens is 344 g/mol. The average molecular weight is 368 g/mol. The lowest BCUT2D eigenvalue weighted by atomic mass is 9.67. The van der Waals surface area contributed by atoms with Gasteiger partial charge in [0.25, 0.3) is 0 Å². The van der Waals surface area contributed by atoms with Gasteiger partial charge in [-0.2, -0.15) is 0 Å². The van der Waals surface area contributed by atoms with Crippen LogP contribution in [0.15, 0.2) is 60.7 Å². The van der Waals surface area contributed by atoms with Gasteiger partial charge in [-0.25, -0.2) is 0 Å². The van der Waals surface area contributed by atoms with Crippen LogP contribution >= 0.6 is 0 Å². The third kappa shape index (κ3) is 2.48. The molecule has 0 spiro atoms. The number of carbonyl (C=O) groups is 2. The minimum Gasteiger partial charge on any atom is -0.293 e. The minimum atomic E-state index is -1.20. The smallest absolute Gasteiger partial charge is 0.182 e. The number of rotatable bonds is 3. The molecule has 0 bridgehead atoms. The molecule has 0 aliphatic heterocycles. The monoisotopic (exact) mass is 368 g/mol. The number of hydrogen-bond acceptors (Lipinski definition) is 2. The third-order valence-electron chi connectivity index (χ3n) is 6.30. The Balaban J connectivity index is 2.06. The molecule has 0 unspecified atom stereocenters. The van der Waals surface area contributed by atoms with E-state index in [1.807, 2.05) is 56.3 Å². The summed E-state index contributed by atoms with van der Waals surface area (Å²) < 4.78 is 0. The van der Waals surface area contributed by atoms with Crippen LogP contribution in [-0.2, 0) is 11.8 Å². The van der Waals surface area contributed by atoms with Crippen LogP contribution < -0.4 is 0 Å². The topological polar surface area (TPSA) is 34.1 Å². The van der Waals surface area contributed by atoms with E-state index in [0.717, 1.165) is 33.4 Å². The summed E-state index contributed by atoms with van der Waals surface area (Å²) >= 11 is 0. The Labute approximate surface area is 166 Å². The van der Waals surface area contributed by atoms with Crippen molar-refractivity contribution in [2.75, 3.05) is 0 Å². The zero-order chi connectivity index (χ0) is 20.1. The molecule has 4 rings (SSSR count). The fourth-order valence-corrected chi connectivity index (χ4v) is 4.68. The molecule has 3 aromatic rings. The summed E-state index contributed by atoms with van der Waals surface area (Å²) in [5.74, 6) is -0.152. The molecule has 0 amide bonds. The largest absolute Gasteiger partial charge is 0.293 e. The van der Waals surface area contributed by atoms with Crippen LogP contribution in [0.5, 0.6) is 0 Å². The Bertz CT molecular complexity index is 1050. The summed E-state index contributed by atoms with van der Waals surface area (Å²) in [5.41, 5.74) is 6.07. The van der Waals surface area contributed by atoms with E-state index in [9.17, 15) is 9.59 Å². The first-order valence-electron chi connectivity index (χ1n) is 9.68. The molecule has 0 radical (unpaired) electrons. The van der Waals surface area contributed by atoms with Crippen molar-refractivity contribution in [1.29, 1.82) is 0 Å². The molecule has 28 heavy (non-hydrogen) atoms. The van der Waals surface area contributed by atoms with Crippen molar-refractivity contribution in [3.63, 3.8) is 0 Å². The van der Waals surface area contributed by atoms with E-state index >= 15 is 0 Å². The van der Waals surface area contributed by atoms with Crippen LogP contribution in [0, 0.1) is 27.7 Å². The van der Waals surface area contributed by atoms with Crippen LogP contribution in [-0.4, -0.2) is 11.6 Å². The number of benzene rings is 3. The molecule has 2 nitrogen and oxygen atoms in total. The maximum atomic E-state index is 13.8. The number of carbonyl (C=O) groups excluding carboxylic acids is 2. The van der Waals surface area contributed by atoms with Gasteiger partial charge in [-0.1, -0.05) is 60.7 Å². The number of fused-ring (bicyclic) bond motifs is 1. The molecule has 0 heterocycles. The maximum absolute atomic E-state index is 13.8. The van der Waals surface area contributed by atoms with Gasteiger partial charge in [0.15, 0.2) is 11.6 Å². The van der Waals surface area contributed by atoms with E-state index in [2.05, 4.69) is 19.9 Å². The van der Waals surface area contributed by atoms with Gasteiger partial charge in [-0.05, 0) is 67.5 Å². The van der Waals surface area contributed by atoms with Gasteiger partial charge in [0.2, 0.25) is 0 Å². The summed E-state index contributed by atoms with van der Waals surface area (Å²) in [6, 6.07) is 19.3. The van der Waals surface area contributed by atoms with Crippen LogP contribution in [0.25, 0.3) is 0 Å². The van der Waals surface area contributed by atoms with Crippen molar-refractivity contribution in [2.45, 2.75) is 39.5 Å². The summed E-state index contributed by atoms with van der Waals surface area (Å²) in [5, 5.41) is 0. The Hall–Kier alpha value is -3.00. The standard InChI is InChI=1S/C26H24O2/c1-16-14-17(2)19(4)23(18(16)3)26(15-20-10-6-5-7-11-20)24(27)21-12-8-9-13-22(21)25(26)28/h5-14H,15H2,1-4H3. The van der Waals surface area contributed by atoms with E-state index in [-0.39, 0.29) is 11.6 Å². The number of hydrogen-bond donors (Lipinski definition) is 0. The van der Waals surface area contributed by atoms with E-state index < -0.39 is 5.41 Å². The first-order chi connectivity index (χ1) is 13.4. The Kier molecular flexibility index (Phi) is 4.30. The van der Waals surface area contributed by atoms with Gasteiger partial charge < -0.3 is 0 Å². The molecule has 1 aliphatic carbocycles. The molecule has 3 aromatic carbocycles. The van der Waals surface area contributed by atoms with Crippen molar-refractivity contribution in [3.05, 3.63) is 105 Å². The second-order valence-electron chi connectivity index (χ2n) is 7.91. The normalized spacial score (nSPS) is 15.0. The molecule has 0 aromatic heterocycles. The van der Waals surface area contributed by atoms with Crippen molar-refractivity contribution in [3.8, 4) is 0 Å². The van der Waals surface area contributed by atoms with Crippen LogP contribution in [0.4, 0.5) is 0 Å². The number of ketones is 2. The molecule has 2 heteroatoms. The molecular formula is C26H24O2. The highest BCUT2D eigenvalue weighted by atomic mass is 16.2. The lowest BCUT2D eigenvalue weighted by Crippen LogP contribution is -2.42. The van der Waals surface area contributed by atoms with Gasteiger partial charge in [0.05, 0.1) is 0 Å². The lowest BCUT2D eigenvalue weighted by Gasteiger charge is -2.31. The van der Waals surface area contributed by atoms with Crippen LogP contribution in [0.3, 0.4) is 0 Å². The summed E-state index contributed by atoms with van der Waals surface area (Å²) in [6.07, 6.45) is 0.380. The molecule has 0 saturated heterocycles. The highest BCUT2D eigenvalue weighted by Gasteiger charge is 2.55. The van der Waals surface area contributed by atoms with Gasteiger partial charge in [-0.15, -0.1) is 0 Å². The number of Topliss-reactive ketones (excluding diaryl/α,β-unsaturated/α-hetero) is 2. The number of aryl methyl sites for hydroxylation is 2. The minimum absolute atomic E-state index is 0.0758. The Morgan fingerprint density at radius 1 is 0.679 bits per heavy atom. The van der Waals surface area contributed by atoms with Gasteiger partial charge in [0.1, 0.15) is 5.41 Å². The second kappa shape index (κ2) is 6.56. The summed E-state index contributed by atoms with van der Waals surface area (Å²) in [4.78, 5) is 27.7. The van der Waals surface area contributed by atoms with Crippen molar-refractivity contribution in [1.82, 2.24) is 0 Å². The van der Waals surface area contributed by atoms with E-state index in [1.165, 1.54) is 0 Å². The summed E-state index contributed by atoms with van der Waals surface area (Å²) in [7, 11) is 0. The zero-order valence-electron chi connectivity index (χ0n) is 16.8. The first-order valence-corrected chi connectivity index (χ1v) is 9.68. The Morgan fingerprint density at radius 3 is 1.64 bits per heavy atom. The van der Waals surface area contributed by atoms with Crippen LogP contribution in [0.1, 0.15) is 54.1 Å². The molecule has 0 saturated carbocycles. The van der Waals surface area contributed by atoms with Gasteiger partial charge in [0, 0.05) is 11.1 Å². The quantitative estimate of drug-likeness (QED) is 0.574. The Morgan fingerprint density at radius 2 is 1.14 bits per heavy atom. The van der Waals surface area contributed by atoms with Crippen molar-refractivity contribution < 1.29 is 9.59 Å². The van der Waals surface area contributed by atoms with Crippen molar-refractivity contribution in [2.24, 2.45) is 0 Å². The van der Waals surface area contributed by atoms with Crippen LogP contribution in [0.2, 0.25) is 0 Å². The predicted octanol–water partition coefficient (Wildman–Crippen LogP) is 5.48. The molecule has 0 fully saturated rings. The lowest BCUT2D eigenvalue weighted by molar-refractivity contribution is 0.0791. The molecule has 1 aliphatic rings. The highest BCUT2D eigenvalue weighted by Crippen LogP contribution is 2.45. The SMILES string of the molecule is Cc1cc(C)c(C)c(C2(Cc3ccccc3)C(=O)c3ccccc3C2=O)c1C. The summed E-state index contributed by atoms with van der Waals surface area (Å²) in [6.45, 7) is 8.18. The highest BCUT2D eigenvalue weighted by molar-refractivity contribution is 6.33. The molecule has 0 atom stereocenters. The second-order valence-corrected chi connectivity index (χ2v) is 7.91. The fraction of sp³-hybridized carbons (Fsp3) is 0.231. The average Bonchev–Trinajstić information content (AvgIpc) is 2.90. The first kappa shape index (κ1) is 18.4. The molecule has 0 N–H and O–H groups in total. The van der Waals surface area contributed by atoms with E-state index in [1.54, 1.807) is 12.1 Å². The van der Waals surface area contributed by atoms with E-state index in [4.69, 9.17) is 0 Å². The van der Waals surface area contributed by atoms with Crippen molar-refractivity contribution >= 4 is 11.6 Å².